The van der Waals surface area contributed by atoms with Crippen LogP contribution in [0, 0.1) is 0 Å². The van der Waals surface area contributed by atoms with Gasteiger partial charge in [0.25, 0.3) is 0 Å². The van der Waals surface area contributed by atoms with Gasteiger partial charge in [0.15, 0.2) is 5.76 Å². The van der Waals surface area contributed by atoms with E-state index in [4.69, 9.17) is 4.52 Å². The summed E-state index contributed by atoms with van der Waals surface area (Å²) in [6.45, 7) is 7.62. The first-order valence-corrected chi connectivity index (χ1v) is 7.81. The molecule has 6 rings (SSSR count). The average Bonchev–Trinajstić information content (AvgIpc) is 2.94. The Balaban J connectivity index is 0.00000135. The summed E-state index contributed by atoms with van der Waals surface area (Å²) >= 11 is 0. The Bertz CT molecular complexity index is 654. The third-order valence-corrected chi connectivity index (χ3v) is 4.82. The highest BCUT2D eigenvalue weighted by Gasteiger charge is 2.48. The minimum atomic E-state index is 0. The van der Waals surface area contributed by atoms with E-state index >= 15 is 0 Å². The Hall–Kier alpha value is -1.25. The predicted octanol–water partition coefficient (Wildman–Crippen LogP) is -1.65. The summed E-state index contributed by atoms with van der Waals surface area (Å²) in [5.41, 5.74) is 2.05. The molecule has 0 amide bonds. The van der Waals surface area contributed by atoms with Crippen LogP contribution in [0.2, 0.25) is 0 Å². The number of hydrogen-bond acceptors (Lipinski definition) is 5. The van der Waals surface area contributed by atoms with E-state index in [9.17, 15) is 0 Å². The highest BCUT2D eigenvalue weighted by atomic mass is 79.9. The lowest BCUT2D eigenvalue weighted by Gasteiger charge is -2.60. The zero-order chi connectivity index (χ0) is 14.6. The van der Waals surface area contributed by atoms with E-state index in [1.807, 2.05) is 18.2 Å². The van der Waals surface area contributed by atoms with Gasteiger partial charge in [-0.2, -0.15) is 0 Å². The first kappa shape index (κ1) is 15.3. The second-order valence-corrected chi connectivity index (χ2v) is 6.91. The predicted molar refractivity (Wildman–Crippen MR) is 80.6 cm³/mol. The molecule has 4 fully saturated rings. The molecule has 0 N–H and O–H groups in total. The van der Waals surface area contributed by atoms with Gasteiger partial charge in [0.1, 0.15) is 32.2 Å². The summed E-state index contributed by atoms with van der Waals surface area (Å²) in [4.78, 5) is 7.56. The third-order valence-electron chi connectivity index (χ3n) is 4.82. The maximum atomic E-state index is 5.64. The van der Waals surface area contributed by atoms with Gasteiger partial charge in [-0.1, -0.05) is 35.5 Å². The fourth-order valence-corrected chi connectivity index (χ4v) is 4.27. The van der Waals surface area contributed by atoms with Gasteiger partial charge in [-0.3, -0.25) is 4.48 Å². The van der Waals surface area contributed by atoms with Gasteiger partial charge in [-0.15, -0.1) is 0 Å². The van der Waals surface area contributed by atoms with Crippen molar-refractivity contribution in [3.05, 3.63) is 42.2 Å². The molecule has 4 saturated heterocycles. The van der Waals surface area contributed by atoms with Crippen LogP contribution < -0.4 is 17.0 Å². The van der Waals surface area contributed by atoms with Crippen LogP contribution in [-0.4, -0.2) is 64.4 Å². The highest BCUT2D eigenvalue weighted by molar-refractivity contribution is 5.58. The normalized spacial score (nSPS) is 34.3. The fourth-order valence-electron chi connectivity index (χ4n) is 4.27. The molecule has 23 heavy (non-hydrogen) atoms. The van der Waals surface area contributed by atoms with Crippen LogP contribution in [0.3, 0.4) is 0 Å². The SMILES string of the molecule is [Br-].c1ccc(-c2cc(C[N+]34CN5CN(CN(C5)C3)C4)on2)cc1. The number of hydrogen-bond donors (Lipinski definition) is 0. The standard InChI is InChI=1S/C16H20N5O.BrH/c1-2-4-14(5-3-1)16-6-15(22-17-16)7-21-11-18-8-19(12-21)10-20(9-18)13-21;/h1-6H,7-13H2;1H/q+1;/p-1. The van der Waals surface area contributed by atoms with Crippen molar-refractivity contribution in [3.8, 4) is 11.3 Å². The average molecular weight is 378 g/mol. The second-order valence-electron chi connectivity index (χ2n) is 6.91. The lowest BCUT2D eigenvalue weighted by atomic mass is 10.1. The monoisotopic (exact) mass is 377 g/mol. The van der Waals surface area contributed by atoms with Gasteiger partial charge in [0.2, 0.25) is 0 Å². The minimum Gasteiger partial charge on any atom is -1.00 e. The Labute approximate surface area is 146 Å². The van der Waals surface area contributed by atoms with Crippen molar-refractivity contribution in [2.45, 2.75) is 6.54 Å². The number of halogens is 1. The Morgan fingerprint density at radius 2 is 1.57 bits per heavy atom. The van der Waals surface area contributed by atoms with Crippen LogP contribution in [0.15, 0.2) is 40.9 Å². The summed E-state index contributed by atoms with van der Waals surface area (Å²) in [6.07, 6.45) is 0. The van der Waals surface area contributed by atoms with Crippen molar-refractivity contribution >= 4 is 0 Å². The van der Waals surface area contributed by atoms with Crippen LogP contribution in [0.1, 0.15) is 5.76 Å². The van der Waals surface area contributed by atoms with E-state index in [0.29, 0.717) is 0 Å². The van der Waals surface area contributed by atoms with Crippen molar-refractivity contribution in [2.24, 2.45) is 0 Å². The molecule has 0 unspecified atom stereocenters. The van der Waals surface area contributed by atoms with Gasteiger partial charge < -0.3 is 21.5 Å². The minimum absolute atomic E-state index is 0. The van der Waals surface area contributed by atoms with E-state index in [1.165, 1.54) is 0 Å². The largest absolute Gasteiger partial charge is 1.00 e. The molecule has 0 atom stereocenters. The summed E-state index contributed by atoms with van der Waals surface area (Å²) < 4.78 is 6.68. The quantitative estimate of drug-likeness (QED) is 0.599. The lowest BCUT2D eigenvalue weighted by Crippen LogP contribution is -3.00. The van der Waals surface area contributed by atoms with Crippen molar-refractivity contribution < 1.29 is 26.0 Å². The van der Waals surface area contributed by atoms with Crippen molar-refractivity contribution in [1.29, 1.82) is 0 Å². The van der Waals surface area contributed by atoms with Gasteiger partial charge in [-0.05, 0) is 0 Å². The number of benzene rings is 1. The Morgan fingerprint density at radius 1 is 0.957 bits per heavy atom. The molecule has 4 aliphatic rings. The van der Waals surface area contributed by atoms with E-state index in [1.54, 1.807) is 0 Å². The zero-order valence-electron chi connectivity index (χ0n) is 12.9. The fraction of sp³-hybridized carbons (Fsp3) is 0.438. The molecule has 5 heterocycles. The molecular weight excluding hydrogens is 358 g/mol. The molecule has 0 spiro atoms. The molecule has 0 aliphatic carbocycles. The molecule has 7 heteroatoms. The molecular formula is C16H20BrN5O. The lowest BCUT2D eigenvalue weighted by molar-refractivity contribution is -0.992. The molecule has 2 aromatic rings. The summed E-state index contributed by atoms with van der Waals surface area (Å²) in [7, 11) is 0. The smallest absolute Gasteiger partial charge is 0.191 e. The highest BCUT2D eigenvalue weighted by Crippen LogP contribution is 2.31. The van der Waals surface area contributed by atoms with Crippen molar-refractivity contribution in [2.75, 3.05) is 40.0 Å². The Kier molecular flexibility index (Phi) is 3.78. The van der Waals surface area contributed by atoms with Crippen molar-refractivity contribution in [1.82, 2.24) is 19.9 Å². The number of quaternary nitrogens is 1. The van der Waals surface area contributed by atoms with Gasteiger partial charge in [0.05, 0.1) is 20.0 Å². The molecule has 1 aromatic heterocycles. The summed E-state index contributed by atoms with van der Waals surface area (Å²) in [5.74, 6) is 0.990. The first-order chi connectivity index (χ1) is 10.8. The van der Waals surface area contributed by atoms with E-state index in [-0.39, 0.29) is 17.0 Å². The van der Waals surface area contributed by atoms with Crippen LogP contribution >= 0.6 is 0 Å². The number of aromatic nitrogens is 1. The maximum absolute atomic E-state index is 5.64. The van der Waals surface area contributed by atoms with Crippen LogP contribution in [0.4, 0.5) is 0 Å². The van der Waals surface area contributed by atoms with Gasteiger partial charge in [0, 0.05) is 11.6 Å². The third kappa shape index (κ3) is 2.72. The van der Waals surface area contributed by atoms with Crippen LogP contribution in [-0.2, 0) is 6.54 Å². The molecule has 1 aromatic carbocycles. The topological polar surface area (TPSA) is 35.8 Å². The van der Waals surface area contributed by atoms with Gasteiger partial charge in [-0.25, -0.2) is 14.7 Å². The molecule has 4 bridgehead atoms. The second kappa shape index (κ2) is 5.68. The molecule has 4 aliphatic heterocycles. The van der Waals surface area contributed by atoms with Crippen molar-refractivity contribution in [3.63, 3.8) is 0 Å². The zero-order valence-corrected chi connectivity index (χ0v) is 14.5. The molecule has 0 saturated carbocycles. The van der Waals surface area contributed by atoms with E-state index in [0.717, 1.165) is 68.1 Å². The molecule has 0 radical (unpaired) electrons. The first-order valence-electron chi connectivity index (χ1n) is 7.81. The maximum Gasteiger partial charge on any atom is 0.191 e. The number of nitrogens with zero attached hydrogens (tertiary/aromatic N) is 5. The molecule has 6 nitrogen and oxygen atoms in total. The Morgan fingerprint density at radius 3 is 2.17 bits per heavy atom. The van der Waals surface area contributed by atoms with Crippen LogP contribution in [0.5, 0.6) is 0 Å². The molecule has 122 valence electrons. The summed E-state index contributed by atoms with van der Waals surface area (Å²) in [5, 5.41) is 4.26. The van der Waals surface area contributed by atoms with E-state index < -0.39 is 0 Å². The van der Waals surface area contributed by atoms with Crippen LogP contribution in [0.25, 0.3) is 11.3 Å². The van der Waals surface area contributed by atoms with Gasteiger partial charge >= 0.3 is 0 Å². The number of rotatable bonds is 3. The summed E-state index contributed by atoms with van der Waals surface area (Å²) in [6, 6.07) is 12.3. The van der Waals surface area contributed by atoms with E-state index in [2.05, 4.69) is 38.1 Å².